The van der Waals surface area contributed by atoms with Gasteiger partial charge in [0.25, 0.3) is 0 Å². The van der Waals surface area contributed by atoms with E-state index in [9.17, 15) is 19.2 Å². The van der Waals surface area contributed by atoms with Crippen LogP contribution in [0, 0.1) is 0 Å². The summed E-state index contributed by atoms with van der Waals surface area (Å²) >= 11 is 0. The molecule has 9 heteroatoms. The fraction of sp³-hybridized carbons (Fsp3) is 0.0714. The number of hydrogen-bond donors (Lipinski definition) is 4. The van der Waals surface area contributed by atoms with E-state index in [1.807, 2.05) is 218 Å². The number of carboxylic acid groups (broad SMARTS) is 4. The molecule has 0 radical (unpaired) electrons. The third-order valence-corrected chi connectivity index (χ3v) is 9.78. The van der Waals surface area contributed by atoms with Gasteiger partial charge in [-0.25, -0.2) is 0 Å². The molecule has 4 N–H and O–H groups in total. The number of carboxylic acids is 4. The van der Waals surface area contributed by atoms with Gasteiger partial charge in [-0.2, -0.15) is 0 Å². The molecule has 0 saturated heterocycles. The first kappa shape index (κ1) is 50.0. The first-order valence-electron chi connectivity index (χ1n) is 20.5. The van der Waals surface area contributed by atoms with Gasteiger partial charge in [-0.15, -0.1) is 0 Å². The molecule has 8 aromatic carbocycles. The summed E-state index contributed by atoms with van der Waals surface area (Å²) in [7, 11) is 0. The van der Waals surface area contributed by atoms with Crippen molar-refractivity contribution in [2.24, 2.45) is 0 Å². The van der Waals surface area contributed by atoms with Gasteiger partial charge in [0, 0.05) is 21.7 Å². The minimum absolute atomic E-state index is 0. The number of rotatable bonds is 12. The first-order chi connectivity index (χ1) is 31.1. The van der Waals surface area contributed by atoms with Crippen molar-refractivity contribution < 1.29 is 61.3 Å². The molecule has 0 aliphatic carbocycles. The Balaban J connectivity index is 0.000000189. The van der Waals surface area contributed by atoms with Gasteiger partial charge in [-0.3, -0.25) is 19.2 Å². The van der Waals surface area contributed by atoms with E-state index in [0.717, 1.165) is 66.8 Å². The van der Waals surface area contributed by atoms with Crippen molar-refractivity contribution in [2.75, 3.05) is 0 Å². The maximum absolute atomic E-state index is 10.8. The summed E-state index contributed by atoms with van der Waals surface area (Å²) in [6.07, 6.45) is 0.242. The van der Waals surface area contributed by atoms with Gasteiger partial charge in [0.2, 0.25) is 0 Å². The van der Waals surface area contributed by atoms with Crippen molar-refractivity contribution in [3.8, 4) is 44.5 Å². The van der Waals surface area contributed by atoms with E-state index in [2.05, 4.69) is 0 Å². The molecule has 0 unspecified atom stereocenters. The zero-order valence-corrected chi connectivity index (χ0v) is 37.1. The molecule has 8 rings (SSSR count). The Morgan fingerprint density at radius 3 is 0.569 bits per heavy atom. The molecule has 324 valence electrons. The van der Waals surface area contributed by atoms with Crippen LogP contribution in [0.2, 0.25) is 0 Å². The molecular formula is C56H48O8Ti. The van der Waals surface area contributed by atoms with Crippen LogP contribution in [-0.4, -0.2) is 44.3 Å². The Labute approximate surface area is 394 Å². The van der Waals surface area contributed by atoms with Crippen LogP contribution in [-0.2, 0) is 66.6 Å². The van der Waals surface area contributed by atoms with Gasteiger partial charge in [-0.05, 0) is 66.8 Å². The van der Waals surface area contributed by atoms with E-state index in [1.54, 1.807) is 0 Å². The van der Waals surface area contributed by atoms with Crippen LogP contribution >= 0.6 is 0 Å². The van der Waals surface area contributed by atoms with Gasteiger partial charge >= 0.3 is 23.9 Å². The van der Waals surface area contributed by atoms with Gasteiger partial charge < -0.3 is 20.4 Å². The summed E-state index contributed by atoms with van der Waals surface area (Å²) in [5, 5.41) is 35.4. The fourth-order valence-electron chi connectivity index (χ4n) is 6.95. The van der Waals surface area contributed by atoms with E-state index in [-0.39, 0.29) is 47.4 Å². The van der Waals surface area contributed by atoms with Crippen LogP contribution in [0.3, 0.4) is 0 Å². The second kappa shape index (κ2) is 26.7. The standard InChI is InChI=1S/4C14H12O2.Ti/c4*15-14(16)10-12-8-4-5-9-13(12)11-6-2-1-3-7-11;/h4*1-9H,10H2,(H,15,16);. The van der Waals surface area contributed by atoms with Gasteiger partial charge in [0.1, 0.15) is 0 Å². The summed E-state index contributed by atoms with van der Waals surface area (Å²) in [5.74, 6) is -3.21. The summed E-state index contributed by atoms with van der Waals surface area (Å²) < 4.78 is 0. The Morgan fingerprint density at radius 1 is 0.246 bits per heavy atom. The van der Waals surface area contributed by atoms with Crippen molar-refractivity contribution >= 4 is 23.9 Å². The molecule has 0 saturated carbocycles. The Kier molecular flexibility index (Phi) is 20.6. The molecule has 0 bridgehead atoms. The Morgan fingerprint density at radius 2 is 0.400 bits per heavy atom. The van der Waals surface area contributed by atoms with Gasteiger partial charge in [-0.1, -0.05) is 218 Å². The first-order valence-corrected chi connectivity index (χ1v) is 20.5. The third-order valence-electron chi connectivity index (χ3n) is 9.78. The summed E-state index contributed by atoms with van der Waals surface area (Å²) in [4.78, 5) is 43.0. The predicted octanol–water partition coefficient (Wildman–Crippen LogP) is 11.9. The molecule has 0 fully saturated rings. The van der Waals surface area contributed by atoms with E-state index in [0.29, 0.717) is 0 Å². The molecule has 0 aromatic heterocycles. The second-order valence-electron chi connectivity index (χ2n) is 14.4. The van der Waals surface area contributed by atoms with Crippen LogP contribution in [0.5, 0.6) is 0 Å². The van der Waals surface area contributed by atoms with Gasteiger partial charge in [0.15, 0.2) is 0 Å². The molecule has 0 amide bonds. The smallest absolute Gasteiger partial charge is 0.307 e. The van der Waals surface area contributed by atoms with E-state index in [1.165, 1.54) is 0 Å². The SMILES string of the molecule is O=C(O)Cc1ccccc1-c1ccccc1.O=C(O)Cc1ccccc1-c1ccccc1.O=C(O)Cc1ccccc1-c1ccccc1.O=C(O)Cc1ccccc1-c1ccccc1.[Ti]. The zero-order chi connectivity index (χ0) is 45.5. The van der Waals surface area contributed by atoms with Gasteiger partial charge in [0.05, 0.1) is 25.7 Å². The minimum Gasteiger partial charge on any atom is -0.481 e. The molecule has 8 aromatic rings. The molecular weight excluding hydrogens is 848 g/mol. The van der Waals surface area contributed by atoms with Crippen molar-refractivity contribution in [2.45, 2.75) is 25.7 Å². The average molecular weight is 897 g/mol. The Bertz CT molecular complexity index is 2340. The van der Waals surface area contributed by atoms with Crippen molar-refractivity contribution in [3.05, 3.63) is 241 Å². The summed E-state index contributed by atoms with van der Waals surface area (Å²) in [6, 6.07) is 69.7. The molecule has 8 nitrogen and oxygen atoms in total. The Hall–Kier alpha value is -7.65. The number of hydrogen-bond acceptors (Lipinski definition) is 4. The van der Waals surface area contributed by atoms with Crippen LogP contribution in [0.1, 0.15) is 22.3 Å². The molecule has 0 atom stereocenters. The maximum atomic E-state index is 10.8. The largest absolute Gasteiger partial charge is 0.481 e. The predicted molar refractivity (Wildman–Crippen MR) is 253 cm³/mol. The number of benzene rings is 8. The minimum atomic E-state index is -0.802. The fourth-order valence-corrected chi connectivity index (χ4v) is 6.95. The molecule has 0 heterocycles. The van der Waals surface area contributed by atoms with Crippen LogP contribution in [0.25, 0.3) is 44.5 Å². The van der Waals surface area contributed by atoms with Crippen molar-refractivity contribution in [1.29, 1.82) is 0 Å². The van der Waals surface area contributed by atoms with Crippen LogP contribution < -0.4 is 0 Å². The summed E-state index contributed by atoms with van der Waals surface area (Å²) in [5.41, 5.74) is 11.6. The van der Waals surface area contributed by atoms with E-state index < -0.39 is 23.9 Å². The van der Waals surface area contributed by atoms with Crippen molar-refractivity contribution in [1.82, 2.24) is 0 Å². The maximum Gasteiger partial charge on any atom is 0.307 e. The summed E-state index contributed by atoms with van der Waals surface area (Å²) in [6.45, 7) is 0. The van der Waals surface area contributed by atoms with Crippen LogP contribution in [0.15, 0.2) is 218 Å². The second-order valence-corrected chi connectivity index (χ2v) is 14.4. The normalized spacial score (nSPS) is 9.85. The van der Waals surface area contributed by atoms with Crippen LogP contribution in [0.4, 0.5) is 0 Å². The van der Waals surface area contributed by atoms with E-state index >= 15 is 0 Å². The molecule has 0 aliphatic heterocycles. The van der Waals surface area contributed by atoms with E-state index in [4.69, 9.17) is 20.4 Å². The molecule has 0 aliphatic rings. The molecule has 65 heavy (non-hydrogen) atoms. The monoisotopic (exact) mass is 896 g/mol. The quantitative estimate of drug-likeness (QED) is 0.0886. The third kappa shape index (κ3) is 16.5. The van der Waals surface area contributed by atoms with Crippen molar-refractivity contribution in [3.63, 3.8) is 0 Å². The zero-order valence-electron chi connectivity index (χ0n) is 35.5. The number of carbonyl (C=O) groups is 4. The topological polar surface area (TPSA) is 149 Å². The molecule has 0 spiro atoms. The number of aliphatic carboxylic acids is 4. The average Bonchev–Trinajstić information content (AvgIpc) is 3.31.